The summed E-state index contributed by atoms with van der Waals surface area (Å²) in [7, 11) is 3.59. The van der Waals surface area contributed by atoms with Crippen LogP contribution in [-0.4, -0.2) is 66.2 Å². The summed E-state index contributed by atoms with van der Waals surface area (Å²) in [6, 6.07) is -0.912. The van der Waals surface area contributed by atoms with E-state index in [9.17, 15) is 9.90 Å². The van der Waals surface area contributed by atoms with E-state index in [0.29, 0.717) is 18.4 Å². The number of piperidine rings is 1. The molecule has 2 aliphatic rings. The van der Waals surface area contributed by atoms with Crippen LogP contribution in [0.5, 0.6) is 0 Å². The molecule has 27 heavy (non-hydrogen) atoms. The van der Waals surface area contributed by atoms with Crippen molar-refractivity contribution in [2.75, 3.05) is 27.2 Å². The summed E-state index contributed by atoms with van der Waals surface area (Å²) in [6.07, 6.45) is 6.42. The van der Waals surface area contributed by atoms with Gasteiger partial charge in [-0.3, -0.25) is 9.69 Å². The van der Waals surface area contributed by atoms with E-state index in [-0.39, 0.29) is 93.6 Å². The zero-order chi connectivity index (χ0) is 16.3. The topological polar surface area (TPSA) is 67.6 Å². The second-order valence-corrected chi connectivity index (χ2v) is 7.27. The molecule has 0 aromatic carbocycles. The summed E-state index contributed by atoms with van der Waals surface area (Å²) >= 11 is 0. The number of rotatable bonds is 4. The van der Waals surface area contributed by atoms with Crippen LogP contribution in [0.25, 0.3) is 5.73 Å². The number of fused-ring (bicyclic) bond motifs is 1. The SMILES string of the molecule is [CH2-][C@H]([NH-])[C@H](O)CN1CC2CCCCCC2CC1C(=O)N(C)C.[CH3-].[V+2].[V].[V].[V]. The number of carbonyl (C=O) groups excluding carboxylic acids is 1. The maximum atomic E-state index is 12.6. The molecule has 5 nitrogen and oxygen atoms in total. The average molecular weight is 528 g/mol. The zero-order valence-electron chi connectivity index (χ0n) is 16.8. The molecule has 0 spiro atoms. The second-order valence-electron chi connectivity index (χ2n) is 7.27. The number of carbonyl (C=O) groups is 1. The number of aliphatic hydroxyl groups excluding tert-OH is 1. The van der Waals surface area contributed by atoms with Crippen LogP contribution in [0.3, 0.4) is 0 Å². The van der Waals surface area contributed by atoms with E-state index in [2.05, 4.69) is 11.8 Å². The molecule has 5 atom stereocenters. The summed E-state index contributed by atoms with van der Waals surface area (Å²) in [4.78, 5) is 16.3. The van der Waals surface area contributed by atoms with Gasteiger partial charge in [-0.25, -0.2) is 6.04 Å². The Balaban J connectivity index is -0.000000529. The van der Waals surface area contributed by atoms with Crippen molar-refractivity contribution >= 4 is 5.91 Å². The number of hydrogen-bond acceptors (Lipinski definition) is 3. The van der Waals surface area contributed by atoms with Crippen LogP contribution in [0.1, 0.15) is 38.5 Å². The summed E-state index contributed by atoms with van der Waals surface area (Å²) in [5, 5.41) is 10.1. The summed E-state index contributed by atoms with van der Waals surface area (Å²) in [5.74, 6) is 1.40. The normalized spacial score (nSPS) is 26.6. The molecule has 2 fully saturated rings. The molecule has 1 saturated heterocycles. The van der Waals surface area contributed by atoms with Crippen molar-refractivity contribution in [2.45, 2.75) is 56.7 Å². The Bertz CT molecular complexity index is 390. The number of likely N-dealkylation sites (N-methyl/N-ethyl adjacent to an activating group) is 1. The van der Waals surface area contributed by atoms with Crippen LogP contribution >= 0.6 is 0 Å². The third-order valence-corrected chi connectivity index (χ3v) is 5.36. The van der Waals surface area contributed by atoms with E-state index in [1.807, 2.05) is 0 Å². The molecule has 154 valence electrons. The first-order valence-electron chi connectivity index (χ1n) is 8.57. The molecule has 4 radical (unpaired) electrons. The second kappa shape index (κ2) is 17.4. The fourth-order valence-corrected chi connectivity index (χ4v) is 4.00. The van der Waals surface area contributed by atoms with E-state index in [4.69, 9.17) is 5.73 Å². The van der Waals surface area contributed by atoms with Gasteiger partial charge in [0.1, 0.15) is 0 Å². The number of nitrogens with zero attached hydrogens (tertiary/aromatic N) is 2. The molecule has 2 N–H and O–H groups in total. The molecular formula is C18H34N3O2V4-. The predicted molar refractivity (Wildman–Crippen MR) is 94.6 cm³/mol. The Hall–Kier alpha value is 1.69. The number of nitrogens with one attached hydrogen (secondary N) is 1. The fourth-order valence-electron chi connectivity index (χ4n) is 4.00. The minimum absolute atomic E-state index is 0. The van der Waals surface area contributed by atoms with Crippen LogP contribution in [0.4, 0.5) is 0 Å². The largest absolute Gasteiger partial charge is 2.00 e. The van der Waals surface area contributed by atoms with Gasteiger partial charge in [0.15, 0.2) is 0 Å². The van der Waals surface area contributed by atoms with Crippen molar-refractivity contribution < 1.29 is 84.1 Å². The Morgan fingerprint density at radius 2 is 1.70 bits per heavy atom. The molecule has 0 aromatic heterocycles. The van der Waals surface area contributed by atoms with Crippen molar-refractivity contribution in [3.8, 4) is 0 Å². The third kappa shape index (κ3) is 10.5. The Kier molecular flexibility index (Phi) is 23.2. The summed E-state index contributed by atoms with van der Waals surface area (Å²) < 4.78 is 0. The van der Waals surface area contributed by atoms with Crippen LogP contribution in [-0.2, 0) is 79.0 Å². The first-order valence-corrected chi connectivity index (χ1v) is 8.57. The van der Waals surface area contributed by atoms with Gasteiger partial charge >= 0.3 is 18.6 Å². The van der Waals surface area contributed by atoms with Gasteiger partial charge in [-0.2, -0.15) is 0 Å². The molecule has 3 unspecified atom stereocenters. The predicted octanol–water partition coefficient (Wildman–Crippen LogP) is 2.40. The van der Waals surface area contributed by atoms with Crippen LogP contribution in [0, 0.1) is 26.2 Å². The summed E-state index contributed by atoms with van der Waals surface area (Å²) in [5.41, 5.74) is 7.59. The maximum absolute atomic E-state index is 12.6. The molecular weight excluding hydrogens is 494 g/mol. The van der Waals surface area contributed by atoms with Crippen molar-refractivity contribution in [1.82, 2.24) is 9.80 Å². The number of hydrogen-bond donors (Lipinski definition) is 1. The molecule has 1 heterocycles. The Morgan fingerprint density at radius 3 is 2.19 bits per heavy atom. The van der Waals surface area contributed by atoms with Gasteiger partial charge in [0.25, 0.3) is 0 Å². The smallest absolute Gasteiger partial charge is 0.699 e. The van der Waals surface area contributed by atoms with Gasteiger partial charge in [-0.05, 0) is 24.7 Å². The third-order valence-electron chi connectivity index (χ3n) is 5.36. The van der Waals surface area contributed by atoms with Gasteiger partial charge in [0.2, 0.25) is 5.91 Å². The van der Waals surface area contributed by atoms with Crippen molar-refractivity contribution in [1.29, 1.82) is 0 Å². The van der Waals surface area contributed by atoms with E-state index in [0.717, 1.165) is 13.0 Å². The fraction of sp³-hybridized carbons (Fsp3) is 0.833. The van der Waals surface area contributed by atoms with E-state index < -0.39 is 12.1 Å². The van der Waals surface area contributed by atoms with E-state index in [1.165, 1.54) is 32.1 Å². The average Bonchev–Trinajstić information content (AvgIpc) is 2.70. The molecule has 1 amide bonds. The number of likely N-dealkylation sites (tertiary alicyclic amines) is 1. The van der Waals surface area contributed by atoms with Crippen molar-refractivity contribution in [3.63, 3.8) is 0 Å². The van der Waals surface area contributed by atoms with Crippen LogP contribution < -0.4 is 0 Å². The quantitative estimate of drug-likeness (QED) is 0.571. The van der Waals surface area contributed by atoms with Gasteiger partial charge < -0.3 is 30.1 Å². The monoisotopic (exact) mass is 528 g/mol. The van der Waals surface area contributed by atoms with Crippen LogP contribution in [0.15, 0.2) is 0 Å². The van der Waals surface area contributed by atoms with E-state index >= 15 is 0 Å². The molecule has 0 bridgehead atoms. The standard InChI is InChI=1S/C17H31N3O2.CH3.4V/c1-12(18)16(21)11-20-10-14-8-6-4-5-7-13(14)9-15(20)17(22)19(2)3;;;;;/h12-16,18,21H,1,4-11H2,2-3H3;1H3;;;;/q-2;-1;;;;+2/t12-,13?,14?,15?,16+;;;;;/m0...../s1. The molecule has 1 aliphatic carbocycles. The first-order chi connectivity index (χ1) is 10.4. The number of β-amino-alcohol motifs (C(OH)–C–C–N with tert-alkyl or cyclic N) is 1. The Labute approximate surface area is 214 Å². The van der Waals surface area contributed by atoms with Crippen LogP contribution in [0.2, 0.25) is 0 Å². The van der Waals surface area contributed by atoms with Gasteiger partial charge in [-0.1, -0.05) is 25.7 Å². The molecule has 0 aromatic rings. The zero-order valence-corrected chi connectivity index (χ0v) is 22.4. The first kappa shape index (κ1) is 36.1. The van der Waals surface area contributed by atoms with E-state index in [1.54, 1.807) is 19.0 Å². The van der Waals surface area contributed by atoms with Crippen molar-refractivity contribution in [2.24, 2.45) is 11.8 Å². The Morgan fingerprint density at radius 1 is 1.19 bits per heavy atom. The minimum atomic E-state index is -0.792. The van der Waals surface area contributed by atoms with Gasteiger partial charge in [0.05, 0.1) is 6.04 Å². The molecule has 9 heteroatoms. The molecule has 1 aliphatic heterocycles. The number of aliphatic hydroxyl groups is 1. The molecule has 2 rings (SSSR count). The minimum Gasteiger partial charge on any atom is -0.699 e. The molecule has 1 saturated carbocycles. The van der Waals surface area contributed by atoms with Gasteiger partial charge in [-0.15, -0.1) is 0 Å². The summed E-state index contributed by atoms with van der Waals surface area (Å²) in [6.45, 7) is 4.85. The maximum Gasteiger partial charge on any atom is 2.00 e. The van der Waals surface area contributed by atoms with Gasteiger partial charge in [0, 0.05) is 89.0 Å². The van der Waals surface area contributed by atoms with Crippen molar-refractivity contribution in [3.05, 3.63) is 20.1 Å². The number of amides is 1.